The fourth-order valence-corrected chi connectivity index (χ4v) is 3.65. The van der Waals surface area contributed by atoms with Crippen LogP contribution in [0.15, 0.2) is 47.4 Å². The van der Waals surface area contributed by atoms with Gasteiger partial charge in [-0.05, 0) is 37.3 Å². The van der Waals surface area contributed by atoms with Gasteiger partial charge < -0.3 is 16.0 Å². The third-order valence-corrected chi connectivity index (χ3v) is 5.05. The Kier molecular flexibility index (Phi) is 5.69. The van der Waals surface area contributed by atoms with Gasteiger partial charge in [0.1, 0.15) is 0 Å². The predicted octanol–water partition coefficient (Wildman–Crippen LogP) is 2.50. The molecule has 2 aliphatic heterocycles. The van der Waals surface area contributed by atoms with E-state index in [4.69, 9.17) is 5.73 Å². The fourth-order valence-electron chi connectivity index (χ4n) is 3.65. The summed E-state index contributed by atoms with van der Waals surface area (Å²) in [6.07, 6.45) is 10.4. The van der Waals surface area contributed by atoms with E-state index < -0.39 is 0 Å². The summed E-state index contributed by atoms with van der Waals surface area (Å²) in [5.74, 6) is 0.553. The Bertz CT molecular complexity index is 826. The van der Waals surface area contributed by atoms with Crippen LogP contribution in [0.25, 0.3) is 5.57 Å². The largest absolute Gasteiger partial charge is 0.403 e. The van der Waals surface area contributed by atoms with Crippen LogP contribution >= 0.6 is 0 Å². The minimum absolute atomic E-state index is 0.0851. The molecule has 1 amide bonds. The van der Waals surface area contributed by atoms with Crippen molar-refractivity contribution in [3.63, 3.8) is 0 Å². The number of hydrogen-bond donors (Lipinski definition) is 2. The lowest BCUT2D eigenvalue weighted by Gasteiger charge is -2.34. The zero-order valence-electron chi connectivity index (χ0n) is 15.9. The lowest BCUT2D eigenvalue weighted by Crippen LogP contribution is -2.43. The third-order valence-electron chi connectivity index (χ3n) is 5.05. The second-order valence-electron chi connectivity index (χ2n) is 6.76. The van der Waals surface area contributed by atoms with Gasteiger partial charge in [0.25, 0.3) is 0 Å². The van der Waals surface area contributed by atoms with Gasteiger partial charge in [0.05, 0.1) is 17.4 Å². The van der Waals surface area contributed by atoms with Crippen LogP contribution in [-0.2, 0) is 4.79 Å². The molecule has 2 aliphatic rings. The number of nitrogens with one attached hydrogen (secondary N) is 1. The van der Waals surface area contributed by atoms with Crippen LogP contribution in [-0.4, -0.2) is 46.1 Å². The molecule has 142 valence electrons. The molecule has 2 unspecified atom stereocenters. The zero-order chi connectivity index (χ0) is 19.4. The van der Waals surface area contributed by atoms with Crippen molar-refractivity contribution in [3.05, 3.63) is 48.1 Å². The van der Waals surface area contributed by atoms with Crippen LogP contribution in [0.5, 0.6) is 0 Å². The minimum Gasteiger partial charge on any atom is -0.403 e. The van der Waals surface area contributed by atoms with E-state index in [-0.39, 0.29) is 18.0 Å². The summed E-state index contributed by atoms with van der Waals surface area (Å²) in [5.41, 5.74) is 8.91. The Morgan fingerprint density at radius 3 is 3.00 bits per heavy atom. The van der Waals surface area contributed by atoms with Crippen molar-refractivity contribution in [1.29, 1.82) is 0 Å². The first-order valence-electron chi connectivity index (χ1n) is 9.23. The van der Waals surface area contributed by atoms with Gasteiger partial charge >= 0.3 is 0 Å². The molecule has 2 atom stereocenters. The second-order valence-corrected chi connectivity index (χ2v) is 6.76. The van der Waals surface area contributed by atoms with Crippen LogP contribution in [0.1, 0.15) is 38.3 Å². The number of anilines is 1. The zero-order valence-corrected chi connectivity index (χ0v) is 15.9. The van der Waals surface area contributed by atoms with Crippen LogP contribution in [0, 0.1) is 0 Å². The second kappa shape index (κ2) is 8.16. The summed E-state index contributed by atoms with van der Waals surface area (Å²) in [4.78, 5) is 27.4. The molecule has 0 saturated carbocycles. The lowest BCUT2D eigenvalue weighted by molar-refractivity contribution is -0.129. The first-order chi connectivity index (χ1) is 13.1. The summed E-state index contributed by atoms with van der Waals surface area (Å²) in [6.45, 7) is 5.89. The van der Waals surface area contributed by atoms with E-state index in [0.717, 1.165) is 30.5 Å². The van der Waals surface area contributed by atoms with Crippen molar-refractivity contribution in [2.24, 2.45) is 10.7 Å². The van der Waals surface area contributed by atoms with E-state index in [1.807, 2.05) is 17.9 Å². The number of nitrogens with two attached hydrogens (primary N) is 1. The van der Waals surface area contributed by atoms with Gasteiger partial charge in [-0.25, -0.2) is 9.97 Å². The summed E-state index contributed by atoms with van der Waals surface area (Å²) in [5, 5.41) is 3.06. The predicted molar refractivity (Wildman–Crippen MR) is 108 cm³/mol. The number of nitrogens with zero attached hydrogens (tertiary/aromatic N) is 4. The van der Waals surface area contributed by atoms with Crippen molar-refractivity contribution >= 4 is 23.6 Å². The van der Waals surface area contributed by atoms with Crippen molar-refractivity contribution < 1.29 is 4.79 Å². The molecule has 3 rings (SSSR count). The number of allylic oxidation sites excluding steroid dienone is 1. The van der Waals surface area contributed by atoms with Gasteiger partial charge in [0, 0.05) is 37.3 Å². The molecule has 0 radical (unpaired) electrons. The number of hydrogen-bond acceptors (Lipinski definition) is 6. The average Bonchev–Trinajstić information content (AvgIpc) is 2.95. The molecule has 1 saturated heterocycles. The summed E-state index contributed by atoms with van der Waals surface area (Å²) in [6, 6.07) is 2.23. The average molecular weight is 366 g/mol. The number of carbonyl (C=O) groups excluding carboxylic acids is 1. The van der Waals surface area contributed by atoms with Gasteiger partial charge in [-0.1, -0.05) is 19.6 Å². The number of amides is 1. The molecule has 2 bridgehead atoms. The molecular weight excluding hydrogens is 340 g/mol. The quantitative estimate of drug-likeness (QED) is 0.596. The first-order valence-corrected chi connectivity index (χ1v) is 9.23. The third kappa shape index (κ3) is 3.92. The molecule has 27 heavy (non-hydrogen) atoms. The molecule has 7 nitrogen and oxygen atoms in total. The summed E-state index contributed by atoms with van der Waals surface area (Å²) >= 11 is 0. The van der Waals surface area contributed by atoms with Crippen molar-refractivity contribution in [2.45, 2.75) is 44.7 Å². The highest BCUT2D eigenvalue weighted by atomic mass is 16.2. The SMILES string of the molecule is C=C(CC)C(=O)N1C2C=C(c3ccnc(NC(C=NC)=CN)n3)CC1CC2. The van der Waals surface area contributed by atoms with Gasteiger partial charge in [-0.3, -0.25) is 9.79 Å². The Balaban J connectivity index is 1.81. The van der Waals surface area contributed by atoms with Gasteiger partial charge in [-0.2, -0.15) is 0 Å². The Morgan fingerprint density at radius 2 is 2.33 bits per heavy atom. The van der Waals surface area contributed by atoms with Crippen LogP contribution in [0.2, 0.25) is 0 Å². The number of aliphatic imine (C=N–C) groups is 1. The van der Waals surface area contributed by atoms with E-state index in [2.05, 4.69) is 32.9 Å². The van der Waals surface area contributed by atoms with E-state index in [1.54, 1.807) is 19.5 Å². The van der Waals surface area contributed by atoms with Gasteiger partial charge in [0.2, 0.25) is 11.9 Å². The maximum Gasteiger partial charge on any atom is 0.249 e. The fraction of sp³-hybridized carbons (Fsp3) is 0.400. The topological polar surface area (TPSA) is 96.5 Å². The normalized spacial score (nSPS) is 22.1. The highest BCUT2D eigenvalue weighted by Gasteiger charge is 2.40. The van der Waals surface area contributed by atoms with Crippen LogP contribution in [0.4, 0.5) is 5.95 Å². The highest BCUT2D eigenvalue weighted by molar-refractivity contribution is 5.94. The molecule has 1 fully saturated rings. The van der Waals surface area contributed by atoms with Crippen molar-refractivity contribution in [2.75, 3.05) is 12.4 Å². The number of rotatable bonds is 6. The smallest absolute Gasteiger partial charge is 0.249 e. The molecule has 1 aromatic rings. The Hall–Kier alpha value is -2.96. The van der Waals surface area contributed by atoms with Crippen LogP contribution < -0.4 is 11.1 Å². The van der Waals surface area contributed by atoms with Gasteiger partial charge in [0.15, 0.2) is 0 Å². The highest BCUT2D eigenvalue weighted by Crippen LogP contribution is 2.39. The Morgan fingerprint density at radius 1 is 1.52 bits per heavy atom. The summed E-state index contributed by atoms with van der Waals surface area (Å²) < 4.78 is 0. The first kappa shape index (κ1) is 18.8. The van der Waals surface area contributed by atoms with Crippen molar-refractivity contribution in [1.82, 2.24) is 14.9 Å². The number of aromatic nitrogens is 2. The molecule has 0 aliphatic carbocycles. The van der Waals surface area contributed by atoms with E-state index in [0.29, 0.717) is 23.6 Å². The molecule has 3 N–H and O–H groups in total. The van der Waals surface area contributed by atoms with Crippen LogP contribution in [0.3, 0.4) is 0 Å². The van der Waals surface area contributed by atoms with E-state index in [1.165, 1.54) is 6.20 Å². The van der Waals surface area contributed by atoms with E-state index in [9.17, 15) is 4.79 Å². The van der Waals surface area contributed by atoms with E-state index >= 15 is 0 Å². The van der Waals surface area contributed by atoms with Gasteiger partial charge in [-0.15, -0.1) is 0 Å². The molecule has 7 heteroatoms. The molecule has 1 aromatic heterocycles. The molecule has 3 heterocycles. The standard InChI is InChI=1S/C20H26N6O/c1-4-13(2)19(27)26-16-5-6-17(26)10-14(9-16)18-7-8-23-20(25-18)24-15(11-21)12-22-3/h7-9,11-12,16-17H,2,4-6,10,21H2,1,3H3,(H,23,24,25). The lowest BCUT2D eigenvalue weighted by atomic mass is 9.97. The van der Waals surface area contributed by atoms with Crippen molar-refractivity contribution in [3.8, 4) is 0 Å². The molecule has 0 spiro atoms. The maximum absolute atomic E-state index is 12.6. The minimum atomic E-state index is 0.0851. The Labute approximate surface area is 159 Å². The summed E-state index contributed by atoms with van der Waals surface area (Å²) in [7, 11) is 1.67. The number of carbonyl (C=O) groups is 1. The molecular formula is C20H26N6O. The number of fused-ring (bicyclic) bond motifs is 2. The maximum atomic E-state index is 12.6. The monoisotopic (exact) mass is 366 g/mol. The molecule has 0 aromatic carbocycles.